The van der Waals surface area contributed by atoms with Gasteiger partial charge in [-0.05, 0) is 37.0 Å². The first-order chi connectivity index (χ1) is 13.0. The van der Waals surface area contributed by atoms with Crippen LogP contribution in [0.25, 0.3) is 0 Å². The first kappa shape index (κ1) is 20.0. The SMILES string of the molecule is N#Cc1ccc(N(Cc2noc(CC3CC3)n2)CC(F)(F)F)cc1C(F)(F)F. The van der Waals surface area contributed by atoms with Crippen molar-refractivity contribution >= 4 is 5.69 Å². The van der Waals surface area contributed by atoms with Gasteiger partial charge in [-0.15, -0.1) is 0 Å². The topological polar surface area (TPSA) is 66.0 Å². The molecule has 150 valence electrons. The molecule has 1 aliphatic rings. The van der Waals surface area contributed by atoms with Gasteiger partial charge in [0.1, 0.15) is 6.54 Å². The summed E-state index contributed by atoms with van der Waals surface area (Å²) in [5, 5.41) is 12.5. The Hall–Kier alpha value is -2.77. The van der Waals surface area contributed by atoms with E-state index in [1.807, 2.05) is 0 Å². The van der Waals surface area contributed by atoms with E-state index >= 15 is 0 Å². The third-order valence-corrected chi connectivity index (χ3v) is 4.17. The minimum atomic E-state index is -4.88. The largest absolute Gasteiger partial charge is 0.417 e. The highest BCUT2D eigenvalue weighted by Gasteiger charge is 2.36. The maximum absolute atomic E-state index is 13.1. The van der Waals surface area contributed by atoms with Crippen molar-refractivity contribution in [2.75, 3.05) is 11.4 Å². The number of aromatic nitrogens is 2. The summed E-state index contributed by atoms with van der Waals surface area (Å²) in [6.07, 6.45) is -6.99. The number of halogens is 6. The molecule has 0 unspecified atom stereocenters. The van der Waals surface area contributed by atoms with Crippen LogP contribution in [0.4, 0.5) is 32.0 Å². The van der Waals surface area contributed by atoms with E-state index < -0.39 is 36.6 Å². The van der Waals surface area contributed by atoms with Crippen molar-refractivity contribution in [1.29, 1.82) is 5.26 Å². The van der Waals surface area contributed by atoms with Gasteiger partial charge in [-0.2, -0.15) is 36.6 Å². The Balaban J connectivity index is 1.89. The van der Waals surface area contributed by atoms with Gasteiger partial charge in [0.2, 0.25) is 5.89 Å². The lowest BCUT2D eigenvalue weighted by Gasteiger charge is -2.25. The first-order valence-corrected chi connectivity index (χ1v) is 8.29. The lowest BCUT2D eigenvalue weighted by molar-refractivity contribution is -0.137. The van der Waals surface area contributed by atoms with E-state index in [-0.39, 0.29) is 11.5 Å². The third kappa shape index (κ3) is 5.15. The average molecular weight is 404 g/mol. The summed E-state index contributed by atoms with van der Waals surface area (Å²) in [6, 6.07) is 3.79. The Kier molecular flexibility index (Phi) is 5.23. The molecule has 0 atom stereocenters. The second-order valence-corrected chi connectivity index (χ2v) is 6.56. The minimum Gasteiger partial charge on any atom is -0.355 e. The van der Waals surface area contributed by atoms with Crippen LogP contribution in [0.2, 0.25) is 0 Å². The monoisotopic (exact) mass is 404 g/mol. The third-order valence-electron chi connectivity index (χ3n) is 4.17. The van der Waals surface area contributed by atoms with E-state index in [2.05, 4.69) is 10.1 Å². The lowest BCUT2D eigenvalue weighted by Crippen LogP contribution is -2.34. The molecule has 3 rings (SSSR count). The fraction of sp³-hybridized carbons (Fsp3) is 0.471. The van der Waals surface area contributed by atoms with Crippen LogP contribution in [0.1, 0.15) is 35.7 Å². The number of benzene rings is 1. The van der Waals surface area contributed by atoms with E-state index in [4.69, 9.17) is 9.78 Å². The second-order valence-electron chi connectivity index (χ2n) is 6.56. The molecule has 28 heavy (non-hydrogen) atoms. The fourth-order valence-electron chi connectivity index (χ4n) is 2.69. The molecule has 0 saturated heterocycles. The Morgan fingerprint density at radius 3 is 2.46 bits per heavy atom. The van der Waals surface area contributed by atoms with Gasteiger partial charge in [-0.25, -0.2) is 0 Å². The number of rotatable bonds is 6. The minimum absolute atomic E-state index is 0.0576. The second kappa shape index (κ2) is 7.33. The summed E-state index contributed by atoms with van der Waals surface area (Å²) in [7, 11) is 0. The Morgan fingerprint density at radius 1 is 1.18 bits per heavy atom. The van der Waals surface area contributed by atoms with Crippen LogP contribution < -0.4 is 4.90 Å². The van der Waals surface area contributed by atoms with Gasteiger partial charge in [0.05, 0.1) is 23.7 Å². The summed E-state index contributed by atoms with van der Waals surface area (Å²) >= 11 is 0. The number of hydrogen-bond acceptors (Lipinski definition) is 5. The van der Waals surface area contributed by atoms with E-state index in [9.17, 15) is 26.3 Å². The van der Waals surface area contributed by atoms with Gasteiger partial charge in [0.15, 0.2) is 5.82 Å². The molecule has 1 fully saturated rings. The lowest BCUT2D eigenvalue weighted by atomic mass is 10.1. The van der Waals surface area contributed by atoms with Crippen molar-refractivity contribution in [3.05, 3.63) is 41.0 Å². The van der Waals surface area contributed by atoms with Crippen molar-refractivity contribution in [3.8, 4) is 6.07 Å². The predicted octanol–water partition coefficient (Wildman–Crippen LogP) is 4.48. The van der Waals surface area contributed by atoms with Crippen LogP contribution in [0, 0.1) is 17.2 Å². The number of hydrogen-bond donors (Lipinski definition) is 0. The molecule has 0 amide bonds. The van der Waals surface area contributed by atoms with Crippen LogP contribution in [0.5, 0.6) is 0 Å². The number of nitrogens with zero attached hydrogens (tertiary/aromatic N) is 4. The Labute approximate surface area is 155 Å². The van der Waals surface area contributed by atoms with Gasteiger partial charge in [0.25, 0.3) is 0 Å². The normalized spacial score (nSPS) is 14.8. The summed E-state index contributed by atoms with van der Waals surface area (Å²) in [5.74, 6) is 0.658. The van der Waals surface area contributed by atoms with Crippen molar-refractivity contribution in [2.45, 2.75) is 38.2 Å². The average Bonchev–Trinajstić information content (AvgIpc) is 3.29. The predicted molar refractivity (Wildman–Crippen MR) is 84.0 cm³/mol. The molecule has 1 heterocycles. The molecule has 11 heteroatoms. The van der Waals surface area contributed by atoms with Crippen LogP contribution in [-0.4, -0.2) is 22.9 Å². The van der Waals surface area contributed by atoms with Gasteiger partial charge in [-0.1, -0.05) is 5.16 Å². The summed E-state index contributed by atoms with van der Waals surface area (Å²) in [5.41, 5.74) is -2.33. The van der Waals surface area contributed by atoms with E-state index in [0.717, 1.165) is 25.0 Å². The molecule has 1 aliphatic carbocycles. The molecule has 5 nitrogen and oxygen atoms in total. The summed E-state index contributed by atoms with van der Waals surface area (Å²) in [6.45, 7) is -2.00. The number of nitriles is 1. The van der Waals surface area contributed by atoms with Gasteiger partial charge < -0.3 is 9.42 Å². The van der Waals surface area contributed by atoms with Crippen molar-refractivity contribution < 1.29 is 30.9 Å². The molecule has 1 aromatic carbocycles. The zero-order valence-electron chi connectivity index (χ0n) is 14.3. The van der Waals surface area contributed by atoms with Crippen LogP contribution >= 0.6 is 0 Å². The zero-order valence-corrected chi connectivity index (χ0v) is 14.3. The zero-order chi connectivity index (χ0) is 20.5. The molecule has 1 aromatic heterocycles. The van der Waals surface area contributed by atoms with E-state index in [1.165, 1.54) is 6.07 Å². The first-order valence-electron chi connectivity index (χ1n) is 8.29. The summed E-state index contributed by atoms with van der Waals surface area (Å²) in [4.78, 5) is 4.70. The number of anilines is 1. The molecular weight excluding hydrogens is 390 g/mol. The molecular formula is C17H14F6N4O. The molecule has 2 aromatic rings. The quantitative estimate of drug-likeness (QED) is 0.664. The van der Waals surface area contributed by atoms with Gasteiger partial charge >= 0.3 is 12.4 Å². The highest BCUT2D eigenvalue weighted by atomic mass is 19.4. The number of alkyl halides is 6. The molecule has 0 N–H and O–H groups in total. The highest BCUT2D eigenvalue weighted by molar-refractivity contribution is 5.55. The fourth-order valence-corrected chi connectivity index (χ4v) is 2.69. The molecule has 0 radical (unpaired) electrons. The molecule has 1 saturated carbocycles. The van der Waals surface area contributed by atoms with E-state index in [1.54, 1.807) is 0 Å². The van der Waals surface area contributed by atoms with Crippen LogP contribution in [-0.2, 0) is 19.1 Å². The maximum Gasteiger partial charge on any atom is 0.417 e. The van der Waals surface area contributed by atoms with Crippen molar-refractivity contribution in [3.63, 3.8) is 0 Å². The highest BCUT2D eigenvalue weighted by Crippen LogP contribution is 2.35. The standard InChI is InChI=1S/C17H14F6N4O/c18-16(19,20)9-27(8-14-25-15(28-26-14)5-10-1-2-10)12-4-3-11(7-24)13(6-12)17(21,22)23/h3-4,6,10H,1-2,5,8-9H2. The Bertz CT molecular complexity index is 879. The van der Waals surface area contributed by atoms with E-state index in [0.29, 0.717) is 29.2 Å². The van der Waals surface area contributed by atoms with Gasteiger partial charge in [0, 0.05) is 12.1 Å². The molecule has 0 bridgehead atoms. The van der Waals surface area contributed by atoms with Crippen LogP contribution in [0.15, 0.2) is 22.7 Å². The van der Waals surface area contributed by atoms with Crippen LogP contribution in [0.3, 0.4) is 0 Å². The van der Waals surface area contributed by atoms with Crippen molar-refractivity contribution in [2.24, 2.45) is 5.92 Å². The smallest absolute Gasteiger partial charge is 0.355 e. The van der Waals surface area contributed by atoms with Crippen molar-refractivity contribution in [1.82, 2.24) is 10.1 Å². The molecule has 0 spiro atoms. The maximum atomic E-state index is 13.1. The van der Waals surface area contributed by atoms with Gasteiger partial charge in [-0.3, -0.25) is 0 Å². The Morgan fingerprint density at radius 2 is 1.89 bits per heavy atom. The molecule has 0 aliphatic heterocycles. The summed E-state index contributed by atoms with van der Waals surface area (Å²) < 4.78 is 83.4.